The van der Waals surface area contributed by atoms with Gasteiger partial charge >= 0.3 is 0 Å². The minimum Gasteiger partial charge on any atom is -0.198 e. The van der Waals surface area contributed by atoms with E-state index in [1.807, 2.05) is 18.2 Å². The fourth-order valence-electron chi connectivity index (χ4n) is 1.39. The first kappa shape index (κ1) is 9.85. The number of benzene rings is 1. The molecule has 1 nitrogen and oxygen atoms in total. The Balaban J connectivity index is 2.74. The fraction of sp³-hybridized carbons (Fsp3) is 0.100. The molecule has 4 heteroatoms. The highest BCUT2D eigenvalue weighted by Crippen LogP contribution is 2.33. The number of fused-ring (bicyclic) bond motifs is 1. The van der Waals surface area contributed by atoms with Crippen molar-refractivity contribution in [1.29, 1.82) is 5.26 Å². The van der Waals surface area contributed by atoms with E-state index in [1.165, 1.54) is 0 Å². The van der Waals surface area contributed by atoms with Gasteiger partial charge in [-0.25, -0.2) is 0 Å². The largest absolute Gasteiger partial charge is 0.198 e. The van der Waals surface area contributed by atoms with Crippen LogP contribution in [0.4, 0.5) is 0 Å². The lowest BCUT2D eigenvalue weighted by molar-refractivity contribution is 1.29. The molecule has 0 N–H and O–H groups in total. The van der Waals surface area contributed by atoms with Gasteiger partial charge in [0, 0.05) is 9.72 Å². The number of thiol groups is 1. The number of hydrogen-bond donors (Lipinski definition) is 1. The molecule has 0 amide bonds. The van der Waals surface area contributed by atoms with E-state index >= 15 is 0 Å². The van der Waals surface area contributed by atoms with Gasteiger partial charge in [-0.05, 0) is 29.1 Å². The number of rotatable bonds is 1. The molecule has 1 heterocycles. The standard InChI is InChI=1S/C10H6ClNS2/c11-7-3-6(1-2-12)8-5-10(13)14-9(8)4-7/h3-5,13H,1H2. The molecule has 2 rings (SSSR count). The zero-order valence-corrected chi connectivity index (χ0v) is 9.59. The Labute approximate surface area is 96.3 Å². The highest BCUT2D eigenvalue weighted by Gasteiger charge is 2.06. The van der Waals surface area contributed by atoms with Crippen LogP contribution in [0.2, 0.25) is 5.02 Å². The zero-order chi connectivity index (χ0) is 10.1. The molecular weight excluding hydrogens is 234 g/mol. The fourth-order valence-corrected chi connectivity index (χ4v) is 3.01. The van der Waals surface area contributed by atoms with Crippen molar-refractivity contribution in [1.82, 2.24) is 0 Å². The van der Waals surface area contributed by atoms with E-state index in [0.29, 0.717) is 11.4 Å². The summed E-state index contributed by atoms with van der Waals surface area (Å²) in [6.45, 7) is 0. The molecule has 14 heavy (non-hydrogen) atoms. The predicted molar refractivity (Wildman–Crippen MR) is 63.4 cm³/mol. The smallest absolute Gasteiger partial charge is 0.0669 e. The molecule has 0 unspecified atom stereocenters. The summed E-state index contributed by atoms with van der Waals surface area (Å²) in [5.74, 6) is 0. The molecule has 0 fully saturated rings. The molecule has 0 aliphatic carbocycles. The van der Waals surface area contributed by atoms with Gasteiger partial charge in [0.25, 0.3) is 0 Å². The number of thiophene rings is 1. The molecule has 1 aromatic heterocycles. The molecule has 0 spiro atoms. The molecule has 2 aromatic rings. The van der Waals surface area contributed by atoms with Crippen LogP contribution in [0.1, 0.15) is 5.56 Å². The van der Waals surface area contributed by atoms with Crippen LogP contribution in [0.15, 0.2) is 22.4 Å². The van der Waals surface area contributed by atoms with Crippen LogP contribution in [0, 0.1) is 11.3 Å². The first-order valence-corrected chi connectivity index (χ1v) is 5.63. The lowest BCUT2D eigenvalue weighted by atomic mass is 10.1. The van der Waals surface area contributed by atoms with Crippen molar-refractivity contribution in [2.24, 2.45) is 0 Å². The molecule has 0 atom stereocenters. The molecule has 0 aliphatic rings. The molecule has 0 bridgehead atoms. The van der Waals surface area contributed by atoms with Gasteiger partial charge in [-0.2, -0.15) is 5.26 Å². The molecule has 0 saturated carbocycles. The van der Waals surface area contributed by atoms with Gasteiger partial charge in [0.15, 0.2) is 0 Å². The second-order valence-corrected chi connectivity index (χ2v) is 5.20. The third kappa shape index (κ3) is 1.74. The summed E-state index contributed by atoms with van der Waals surface area (Å²) in [5.41, 5.74) is 0.978. The summed E-state index contributed by atoms with van der Waals surface area (Å²) in [6, 6.07) is 7.86. The molecule has 70 valence electrons. The van der Waals surface area contributed by atoms with E-state index in [0.717, 1.165) is 19.9 Å². The Morgan fingerprint density at radius 2 is 2.21 bits per heavy atom. The second-order valence-electron chi connectivity index (χ2n) is 2.90. The number of hydrogen-bond acceptors (Lipinski definition) is 3. The number of nitrogens with zero attached hydrogens (tertiary/aromatic N) is 1. The van der Waals surface area contributed by atoms with Gasteiger partial charge in [-0.3, -0.25) is 0 Å². The first-order chi connectivity index (χ1) is 6.70. The number of nitriles is 1. The second kappa shape index (κ2) is 3.82. The lowest BCUT2D eigenvalue weighted by Crippen LogP contribution is -1.81. The molecule has 1 aromatic carbocycles. The van der Waals surface area contributed by atoms with Gasteiger partial charge in [0.2, 0.25) is 0 Å². The van der Waals surface area contributed by atoms with E-state index in [4.69, 9.17) is 16.9 Å². The van der Waals surface area contributed by atoms with Gasteiger partial charge in [0.05, 0.1) is 16.7 Å². The minimum absolute atomic E-state index is 0.390. The van der Waals surface area contributed by atoms with Crippen LogP contribution < -0.4 is 0 Å². The number of halogens is 1. The Bertz CT molecular complexity index is 525. The summed E-state index contributed by atoms with van der Waals surface area (Å²) >= 11 is 11.8. The summed E-state index contributed by atoms with van der Waals surface area (Å²) in [7, 11) is 0. The SMILES string of the molecule is N#CCc1cc(Cl)cc2sc(S)cc12. The summed E-state index contributed by atoms with van der Waals surface area (Å²) in [5, 5.41) is 10.4. The minimum atomic E-state index is 0.390. The van der Waals surface area contributed by atoms with Gasteiger partial charge in [-0.15, -0.1) is 24.0 Å². The van der Waals surface area contributed by atoms with Crippen molar-refractivity contribution in [2.45, 2.75) is 10.6 Å². The van der Waals surface area contributed by atoms with Crippen molar-refractivity contribution < 1.29 is 0 Å². The normalized spacial score (nSPS) is 10.4. The molecule has 0 radical (unpaired) electrons. The Hall–Kier alpha value is -0.690. The van der Waals surface area contributed by atoms with Crippen molar-refractivity contribution >= 4 is 45.7 Å². The monoisotopic (exact) mass is 239 g/mol. The van der Waals surface area contributed by atoms with E-state index in [9.17, 15) is 0 Å². The zero-order valence-electron chi connectivity index (χ0n) is 7.12. The van der Waals surface area contributed by atoms with Crippen LogP contribution in [0.25, 0.3) is 10.1 Å². The van der Waals surface area contributed by atoms with Crippen molar-refractivity contribution in [3.63, 3.8) is 0 Å². The topological polar surface area (TPSA) is 23.8 Å². The summed E-state index contributed by atoms with van der Waals surface area (Å²) < 4.78 is 2.04. The maximum absolute atomic E-state index is 8.67. The van der Waals surface area contributed by atoms with E-state index in [-0.39, 0.29) is 0 Å². The third-order valence-corrected chi connectivity index (χ3v) is 3.45. The van der Waals surface area contributed by atoms with E-state index < -0.39 is 0 Å². The van der Waals surface area contributed by atoms with Crippen molar-refractivity contribution in [3.8, 4) is 6.07 Å². The van der Waals surface area contributed by atoms with Crippen LogP contribution in [-0.4, -0.2) is 0 Å². The highest BCUT2D eigenvalue weighted by molar-refractivity contribution is 7.83. The maximum Gasteiger partial charge on any atom is 0.0669 e. The highest BCUT2D eigenvalue weighted by atomic mass is 35.5. The van der Waals surface area contributed by atoms with Crippen LogP contribution in [-0.2, 0) is 6.42 Å². The molecular formula is C10H6ClNS2. The summed E-state index contributed by atoms with van der Waals surface area (Å²) in [4.78, 5) is 0. The average molecular weight is 240 g/mol. The van der Waals surface area contributed by atoms with Crippen molar-refractivity contribution in [3.05, 3.63) is 28.8 Å². The van der Waals surface area contributed by atoms with Crippen molar-refractivity contribution in [2.75, 3.05) is 0 Å². The quantitative estimate of drug-likeness (QED) is 0.750. The summed E-state index contributed by atoms with van der Waals surface area (Å²) in [6.07, 6.45) is 0.390. The molecule has 0 aliphatic heterocycles. The average Bonchev–Trinajstić information content (AvgIpc) is 2.45. The predicted octanol–water partition coefficient (Wildman–Crippen LogP) is 3.91. The van der Waals surface area contributed by atoms with E-state index in [1.54, 1.807) is 11.3 Å². The van der Waals surface area contributed by atoms with Gasteiger partial charge < -0.3 is 0 Å². The molecule has 0 saturated heterocycles. The van der Waals surface area contributed by atoms with Gasteiger partial charge in [-0.1, -0.05) is 11.6 Å². The Morgan fingerprint density at radius 1 is 1.43 bits per heavy atom. The van der Waals surface area contributed by atoms with Crippen LogP contribution >= 0.6 is 35.6 Å². The van der Waals surface area contributed by atoms with Gasteiger partial charge in [0.1, 0.15) is 0 Å². The first-order valence-electron chi connectivity index (χ1n) is 3.98. The van der Waals surface area contributed by atoms with Crippen LogP contribution in [0.3, 0.4) is 0 Å². The van der Waals surface area contributed by atoms with Crippen LogP contribution in [0.5, 0.6) is 0 Å². The maximum atomic E-state index is 8.67. The third-order valence-electron chi connectivity index (χ3n) is 1.94. The Morgan fingerprint density at radius 3 is 2.93 bits per heavy atom. The Kier molecular flexibility index (Phi) is 2.69. The van der Waals surface area contributed by atoms with E-state index in [2.05, 4.69) is 18.7 Å². The lowest BCUT2D eigenvalue weighted by Gasteiger charge is -1.98.